The van der Waals surface area contributed by atoms with E-state index < -0.39 is 17.7 Å². The molecule has 1 atom stereocenters. The topological polar surface area (TPSA) is 20.2 Å². The molecule has 1 aliphatic carbocycles. The molecule has 0 saturated heterocycles. The van der Waals surface area contributed by atoms with E-state index in [1.54, 1.807) is 0 Å². The van der Waals surface area contributed by atoms with E-state index in [1.165, 1.54) is 12.1 Å². The Hall–Kier alpha value is -0.960. The monoisotopic (exact) mass is 212 g/mol. The highest BCUT2D eigenvalue weighted by Gasteiger charge is 2.25. The van der Waals surface area contributed by atoms with Gasteiger partial charge in [0.1, 0.15) is 11.6 Å². The van der Waals surface area contributed by atoms with E-state index in [0.717, 1.165) is 31.7 Å². The molecule has 1 fully saturated rings. The first-order chi connectivity index (χ1) is 7.16. The Labute approximate surface area is 87.7 Å². The fourth-order valence-corrected chi connectivity index (χ4v) is 2.29. The van der Waals surface area contributed by atoms with Crippen LogP contribution in [0.15, 0.2) is 18.2 Å². The summed E-state index contributed by atoms with van der Waals surface area (Å²) in [5.41, 5.74) is 0.361. The minimum Gasteiger partial charge on any atom is -0.388 e. The first-order valence-electron chi connectivity index (χ1n) is 5.31. The normalized spacial score (nSPS) is 19.4. The molecule has 0 heterocycles. The zero-order chi connectivity index (χ0) is 10.8. The number of hydrogen-bond acceptors (Lipinski definition) is 1. The van der Waals surface area contributed by atoms with Crippen LogP contribution < -0.4 is 0 Å². The molecule has 1 aliphatic rings. The molecule has 0 radical (unpaired) electrons. The minimum atomic E-state index is -0.724. The van der Waals surface area contributed by atoms with Crippen LogP contribution in [-0.4, -0.2) is 5.11 Å². The lowest BCUT2D eigenvalue weighted by Crippen LogP contribution is -2.09. The fourth-order valence-electron chi connectivity index (χ4n) is 2.29. The van der Waals surface area contributed by atoms with Gasteiger partial charge in [-0.05, 0) is 36.5 Å². The van der Waals surface area contributed by atoms with Crippen molar-refractivity contribution < 1.29 is 13.9 Å². The van der Waals surface area contributed by atoms with Gasteiger partial charge in [-0.15, -0.1) is 0 Å². The van der Waals surface area contributed by atoms with Gasteiger partial charge < -0.3 is 5.11 Å². The van der Waals surface area contributed by atoms with Crippen LogP contribution in [0.25, 0.3) is 0 Å². The molecular weight excluding hydrogens is 198 g/mol. The molecule has 1 unspecified atom stereocenters. The maximum atomic E-state index is 12.9. The van der Waals surface area contributed by atoms with Crippen LogP contribution in [0.3, 0.4) is 0 Å². The van der Waals surface area contributed by atoms with Crippen LogP contribution in [-0.2, 0) is 0 Å². The lowest BCUT2D eigenvalue weighted by molar-refractivity contribution is 0.111. The van der Waals surface area contributed by atoms with Gasteiger partial charge >= 0.3 is 0 Å². The molecule has 1 N–H and O–H groups in total. The van der Waals surface area contributed by atoms with Crippen LogP contribution in [0, 0.1) is 17.6 Å². The van der Waals surface area contributed by atoms with Crippen molar-refractivity contribution in [3.63, 3.8) is 0 Å². The number of benzene rings is 1. The van der Waals surface area contributed by atoms with Crippen molar-refractivity contribution in [2.24, 2.45) is 5.92 Å². The van der Waals surface area contributed by atoms with E-state index >= 15 is 0 Å². The number of rotatable bonds is 2. The van der Waals surface area contributed by atoms with E-state index in [-0.39, 0.29) is 5.92 Å². The predicted octanol–water partition coefficient (Wildman–Crippen LogP) is 3.19. The average Bonchev–Trinajstić information content (AvgIpc) is 2.67. The Bertz CT molecular complexity index is 325. The SMILES string of the molecule is OC(c1cc(F)cc(F)c1)C1CCCC1. The Morgan fingerprint density at radius 3 is 2.13 bits per heavy atom. The first-order valence-corrected chi connectivity index (χ1v) is 5.31. The second kappa shape index (κ2) is 4.27. The molecule has 0 amide bonds. The molecular formula is C12H14F2O. The van der Waals surface area contributed by atoms with Gasteiger partial charge in [-0.25, -0.2) is 8.78 Å². The summed E-state index contributed by atoms with van der Waals surface area (Å²) in [6, 6.07) is 3.25. The van der Waals surface area contributed by atoms with Gasteiger partial charge in [-0.3, -0.25) is 0 Å². The zero-order valence-corrected chi connectivity index (χ0v) is 8.42. The van der Waals surface area contributed by atoms with E-state index in [4.69, 9.17) is 0 Å². The second-order valence-electron chi connectivity index (χ2n) is 4.19. The third kappa shape index (κ3) is 2.34. The molecule has 2 rings (SSSR count). The van der Waals surface area contributed by atoms with Crippen LogP contribution in [0.2, 0.25) is 0 Å². The summed E-state index contributed by atoms with van der Waals surface area (Å²) in [4.78, 5) is 0. The molecule has 0 aromatic heterocycles. The second-order valence-corrected chi connectivity index (χ2v) is 4.19. The van der Waals surface area contributed by atoms with E-state index in [0.29, 0.717) is 5.56 Å². The molecule has 1 saturated carbocycles. The number of halogens is 2. The van der Waals surface area contributed by atoms with Crippen molar-refractivity contribution in [3.8, 4) is 0 Å². The third-order valence-electron chi connectivity index (χ3n) is 3.07. The van der Waals surface area contributed by atoms with Crippen LogP contribution in [0.4, 0.5) is 8.78 Å². The van der Waals surface area contributed by atoms with Crippen LogP contribution in [0.1, 0.15) is 37.4 Å². The molecule has 0 spiro atoms. The fraction of sp³-hybridized carbons (Fsp3) is 0.500. The maximum absolute atomic E-state index is 12.9. The Morgan fingerprint density at radius 2 is 1.60 bits per heavy atom. The van der Waals surface area contributed by atoms with Gasteiger partial charge in [-0.1, -0.05) is 12.8 Å². The number of aliphatic hydroxyl groups is 1. The standard InChI is InChI=1S/C12H14F2O/c13-10-5-9(6-11(14)7-10)12(15)8-3-1-2-4-8/h5-8,12,15H,1-4H2. The summed E-state index contributed by atoms with van der Waals surface area (Å²) in [6.07, 6.45) is 3.36. The highest BCUT2D eigenvalue weighted by atomic mass is 19.1. The Morgan fingerprint density at radius 1 is 1.07 bits per heavy atom. The molecule has 3 heteroatoms. The van der Waals surface area contributed by atoms with E-state index in [2.05, 4.69) is 0 Å². The van der Waals surface area contributed by atoms with Crippen molar-refractivity contribution in [1.29, 1.82) is 0 Å². The number of hydrogen-bond donors (Lipinski definition) is 1. The Balaban J connectivity index is 2.20. The summed E-state index contributed by atoms with van der Waals surface area (Å²) in [6.45, 7) is 0. The first kappa shape index (κ1) is 10.6. The molecule has 1 nitrogen and oxygen atoms in total. The highest BCUT2D eigenvalue weighted by molar-refractivity contribution is 5.20. The molecule has 82 valence electrons. The lowest BCUT2D eigenvalue weighted by Gasteiger charge is -2.17. The molecule has 15 heavy (non-hydrogen) atoms. The van der Waals surface area contributed by atoms with E-state index in [1.807, 2.05) is 0 Å². The van der Waals surface area contributed by atoms with Gasteiger partial charge in [0, 0.05) is 6.07 Å². The maximum Gasteiger partial charge on any atom is 0.126 e. The van der Waals surface area contributed by atoms with Gasteiger partial charge in [0.25, 0.3) is 0 Å². The smallest absolute Gasteiger partial charge is 0.126 e. The summed E-state index contributed by atoms with van der Waals surface area (Å²) in [5.74, 6) is -1.09. The lowest BCUT2D eigenvalue weighted by atomic mass is 9.94. The molecule has 0 bridgehead atoms. The van der Waals surface area contributed by atoms with Crippen molar-refractivity contribution >= 4 is 0 Å². The molecule has 0 aliphatic heterocycles. The van der Waals surface area contributed by atoms with Gasteiger partial charge in [0.15, 0.2) is 0 Å². The molecule has 1 aromatic carbocycles. The Kier molecular flexibility index (Phi) is 3.00. The predicted molar refractivity (Wildman–Crippen MR) is 53.3 cm³/mol. The highest BCUT2D eigenvalue weighted by Crippen LogP contribution is 2.35. The summed E-state index contributed by atoms with van der Waals surface area (Å²) < 4.78 is 25.8. The van der Waals surface area contributed by atoms with Crippen LogP contribution >= 0.6 is 0 Å². The zero-order valence-electron chi connectivity index (χ0n) is 8.42. The quantitative estimate of drug-likeness (QED) is 0.798. The van der Waals surface area contributed by atoms with Crippen molar-refractivity contribution in [2.75, 3.05) is 0 Å². The number of aliphatic hydroxyl groups excluding tert-OH is 1. The summed E-state index contributed by atoms with van der Waals surface area (Å²) >= 11 is 0. The van der Waals surface area contributed by atoms with Gasteiger partial charge in [-0.2, -0.15) is 0 Å². The largest absolute Gasteiger partial charge is 0.388 e. The van der Waals surface area contributed by atoms with E-state index in [9.17, 15) is 13.9 Å². The van der Waals surface area contributed by atoms with Crippen molar-refractivity contribution in [1.82, 2.24) is 0 Å². The third-order valence-corrected chi connectivity index (χ3v) is 3.07. The van der Waals surface area contributed by atoms with Crippen molar-refractivity contribution in [3.05, 3.63) is 35.4 Å². The average molecular weight is 212 g/mol. The minimum absolute atomic E-state index is 0.159. The molecule has 1 aromatic rings. The summed E-state index contributed by atoms with van der Waals surface area (Å²) in [7, 11) is 0. The van der Waals surface area contributed by atoms with Crippen LogP contribution in [0.5, 0.6) is 0 Å². The summed E-state index contributed by atoms with van der Waals surface area (Å²) in [5, 5.41) is 9.94. The van der Waals surface area contributed by atoms with Gasteiger partial charge in [0.2, 0.25) is 0 Å². The van der Waals surface area contributed by atoms with Gasteiger partial charge in [0.05, 0.1) is 6.10 Å². The van der Waals surface area contributed by atoms with Crippen molar-refractivity contribution in [2.45, 2.75) is 31.8 Å².